The van der Waals surface area contributed by atoms with E-state index in [0.29, 0.717) is 23.1 Å². The van der Waals surface area contributed by atoms with Crippen molar-refractivity contribution in [3.8, 4) is 11.5 Å². The van der Waals surface area contributed by atoms with Gasteiger partial charge in [-0.2, -0.15) is 0 Å². The quantitative estimate of drug-likeness (QED) is 0.0569. The van der Waals surface area contributed by atoms with Gasteiger partial charge in [0.25, 0.3) is 0 Å². The van der Waals surface area contributed by atoms with E-state index >= 15 is 0 Å². The number of hydrogen-bond donors (Lipinski definition) is 4. The number of hydrogen-bond acceptors (Lipinski definition) is 4. The number of halogens is 2. The van der Waals surface area contributed by atoms with E-state index in [-0.39, 0.29) is 21.2 Å². The molecule has 0 amide bonds. The van der Waals surface area contributed by atoms with Crippen LogP contribution in [0.5, 0.6) is 11.5 Å². The van der Waals surface area contributed by atoms with Crippen LogP contribution in [0.4, 0.5) is 0 Å². The summed E-state index contributed by atoms with van der Waals surface area (Å²) in [5, 5.41) is 39.2. The predicted molar refractivity (Wildman–Crippen MR) is 218 cm³/mol. The number of phenols is 2. The first-order valence-electron chi connectivity index (χ1n) is 20.4. The molecule has 0 heterocycles. The maximum atomic E-state index is 11.7. The van der Waals surface area contributed by atoms with Gasteiger partial charge in [0.15, 0.2) is 0 Å². The third kappa shape index (κ3) is 18.4. The highest BCUT2D eigenvalue weighted by Gasteiger charge is 2.20. The number of carboxylic acid groups (broad SMARTS) is 2. The topological polar surface area (TPSA) is 115 Å². The molecule has 2 rings (SSSR count). The van der Waals surface area contributed by atoms with Gasteiger partial charge >= 0.3 is 11.9 Å². The second kappa shape index (κ2) is 27.8. The second-order valence-corrected chi connectivity index (χ2v) is 15.4. The number of aromatic carboxylic acids is 2. The summed E-state index contributed by atoms with van der Waals surface area (Å²) in [7, 11) is 0. The van der Waals surface area contributed by atoms with Crippen LogP contribution in [0.3, 0.4) is 0 Å². The highest BCUT2D eigenvalue weighted by Crippen LogP contribution is 2.38. The Morgan fingerprint density at radius 2 is 0.750 bits per heavy atom. The molecule has 0 aliphatic heterocycles. The molecule has 0 atom stereocenters. The lowest BCUT2D eigenvalue weighted by atomic mass is 9.93. The number of allylic oxidation sites excluding steroid dienone is 1. The molecule has 0 aliphatic rings. The van der Waals surface area contributed by atoms with E-state index in [1.807, 2.05) is 6.08 Å². The van der Waals surface area contributed by atoms with E-state index in [1.54, 1.807) is 0 Å². The van der Waals surface area contributed by atoms with Crippen LogP contribution in [-0.2, 0) is 0 Å². The zero-order valence-electron chi connectivity index (χ0n) is 31.8. The first-order chi connectivity index (χ1) is 25.2. The van der Waals surface area contributed by atoms with Gasteiger partial charge in [0.05, 0.1) is 10.0 Å². The van der Waals surface area contributed by atoms with Crippen LogP contribution < -0.4 is 0 Å². The van der Waals surface area contributed by atoms with E-state index in [9.17, 15) is 30.0 Å². The highest BCUT2D eigenvalue weighted by atomic mass is 35.5. The number of unbranched alkanes of at least 4 members (excludes halogenated alkanes) is 26. The molecule has 0 radical (unpaired) electrons. The van der Waals surface area contributed by atoms with Gasteiger partial charge in [-0.3, -0.25) is 0 Å². The van der Waals surface area contributed by atoms with E-state index < -0.39 is 23.4 Å². The normalized spacial score (nSPS) is 11.2. The van der Waals surface area contributed by atoms with Gasteiger partial charge in [0.1, 0.15) is 22.6 Å². The molecule has 52 heavy (non-hydrogen) atoms. The summed E-state index contributed by atoms with van der Waals surface area (Å²) < 4.78 is 0. The van der Waals surface area contributed by atoms with Gasteiger partial charge in [0, 0.05) is 0 Å². The molecule has 0 fully saturated rings. The minimum atomic E-state index is -1.34. The first kappa shape index (κ1) is 45.5. The maximum absolute atomic E-state index is 11.7. The van der Waals surface area contributed by atoms with Crippen molar-refractivity contribution in [2.24, 2.45) is 0 Å². The molecular formula is C44H66Cl2O6. The van der Waals surface area contributed by atoms with Gasteiger partial charge in [-0.05, 0) is 53.8 Å². The zero-order chi connectivity index (χ0) is 38.0. The van der Waals surface area contributed by atoms with Crippen molar-refractivity contribution in [3.05, 3.63) is 62.6 Å². The van der Waals surface area contributed by atoms with Gasteiger partial charge in [-0.15, -0.1) is 0 Å². The Balaban J connectivity index is 1.58. The summed E-state index contributed by atoms with van der Waals surface area (Å²) in [4.78, 5) is 23.5. The zero-order valence-corrected chi connectivity index (χ0v) is 33.4. The molecule has 6 nitrogen and oxygen atoms in total. The van der Waals surface area contributed by atoms with Gasteiger partial charge in [0.2, 0.25) is 0 Å². The molecule has 8 heteroatoms. The Hall–Kier alpha value is -2.70. The standard InChI is InChI=1S/C44H66Cl2O6/c1-2-3-4-5-6-7-8-9-10-11-12-13-14-15-16-17-18-19-20-21-22-23-24-25-26-27-28-29-36(34-30-37(43(49)50)41(47)39(45)32-34)35-31-38(44(51)52)42(48)40(46)33-35/h29-33,47-48H,2-28H2,1H3,(H,49,50)(H,51,52). The molecule has 0 aliphatic carbocycles. The smallest absolute Gasteiger partial charge is 0.339 e. The van der Waals surface area contributed by atoms with Crippen molar-refractivity contribution in [2.45, 2.75) is 180 Å². The molecule has 0 aromatic heterocycles. The average molecular weight is 762 g/mol. The van der Waals surface area contributed by atoms with Crippen LogP contribution >= 0.6 is 23.2 Å². The van der Waals surface area contributed by atoms with Crippen molar-refractivity contribution in [3.63, 3.8) is 0 Å². The molecular weight excluding hydrogens is 695 g/mol. The first-order valence-corrected chi connectivity index (χ1v) is 21.2. The Morgan fingerprint density at radius 3 is 1.02 bits per heavy atom. The number of carboxylic acids is 2. The van der Waals surface area contributed by atoms with Gasteiger partial charge in [-0.25, -0.2) is 9.59 Å². The molecule has 0 unspecified atom stereocenters. The minimum Gasteiger partial charge on any atom is -0.505 e. The van der Waals surface area contributed by atoms with Gasteiger partial charge < -0.3 is 20.4 Å². The van der Waals surface area contributed by atoms with Crippen LogP contribution in [0, 0.1) is 0 Å². The average Bonchev–Trinajstić information content (AvgIpc) is 3.11. The Labute approximate surface area is 324 Å². The van der Waals surface area contributed by atoms with Crippen molar-refractivity contribution in [1.82, 2.24) is 0 Å². The Bertz CT molecular complexity index is 1280. The summed E-state index contributed by atoms with van der Waals surface area (Å²) in [5.41, 5.74) is 0.587. The van der Waals surface area contributed by atoms with Crippen molar-refractivity contribution < 1.29 is 30.0 Å². The number of benzene rings is 2. The lowest BCUT2D eigenvalue weighted by Crippen LogP contribution is -2.02. The maximum Gasteiger partial charge on any atom is 0.339 e. The third-order valence-electron chi connectivity index (χ3n) is 10.1. The highest BCUT2D eigenvalue weighted by molar-refractivity contribution is 6.33. The molecule has 0 saturated heterocycles. The second-order valence-electron chi connectivity index (χ2n) is 14.6. The summed E-state index contributed by atoms with van der Waals surface area (Å²) in [6.07, 6.45) is 37.4. The van der Waals surface area contributed by atoms with E-state index in [4.69, 9.17) is 23.2 Å². The fraction of sp³-hybridized carbons (Fsp3) is 0.636. The molecule has 0 bridgehead atoms. The minimum absolute atomic E-state index is 0.135. The van der Waals surface area contributed by atoms with Crippen LogP contribution in [0.15, 0.2) is 30.3 Å². The fourth-order valence-corrected chi connectivity index (χ4v) is 7.38. The van der Waals surface area contributed by atoms with Crippen molar-refractivity contribution >= 4 is 40.7 Å². The summed E-state index contributed by atoms with van der Waals surface area (Å²) in [6.45, 7) is 2.28. The molecule has 2 aromatic carbocycles. The lowest BCUT2D eigenvalue weighted by Gasteiger charge is -2.14. The van der Waals surface area contributed by atoms with Crippen LogP contribution in [0.1, 0.15) is 212 Å². The van der Waals surface area contributed by atoms with Crippen LogP contribution in [-0.4, -0.2) is 32.4 Å². The molecule has 292 valence electrons. The van der Waals surface area contributed by atoms with Crippen LogP contribution in [0.25, 0.3) is 5.57 Å². The van der Waals surface area contributed by atoms with E-state index in [1.165, 1.54) is 172 Å². The number of carbonyl (C=O) groups is 2. The molecule has 0 spiro atoms. The summed E-state index contributed by atoms with van der Waals surface area (Å²) in [5.74, 6) is -3.76. The van der Waals surface area contributed by atoms with Crippen LogP contribution in [0.2, 0.25) is 10.0 Å². The molecule has 4 N–H and O–H groups in total. The molecule has 0 saturated carbocycles. The van der Waals surface area contributed by atoms with Crippen molar-refractivity contribution in [1.29, 1.82) is 0 Å². The lowest BCUT2D eigenvalue weighted by molar-refractivity contribution is 0.0682. The monoisotopic (exact) mass is 760 g/mol. The number of rotatable bonds is 31. The van der Waals surface area contributed by atoms with E-state index in [0.717, 1.165) is 19.3 Å². The molecule has 2 aromatic rings. The largest absolute Gasteiger partial charge is 0.505 e. The fourth-order valence-electron chi connectivity index (χ4n) is 6.94. The van der Waals surface area contributed by atoms with Crippen molar-refractivity contribution in [2.75, 3.05) is 0 Å². The predicted octanol–water partition coefficient (Wildman–Crippen LogP) is 14.8. The Kier molecular flexibility index (Phi) is 24.3. The number of aromatic hydroxyl groups is 2. The Morgan fingerprint density at radius 1 is 0.481 bits per heavy atom. The van der Waals surface area contributed by atoms with E-state index in [2.05, 4.69) is 6.92 Å². The SMILES string of the molecule is CCCCCCCCCCCCCCCCCCCCCCCCCCCCC=C(c1cc(Cl)c(O)c(C(=O)O)c1)c1cc(Cl)c(O)c(C(=O)O)c1. The summed E-state index contributed by atoms with van der Waals surface area (Å²) in [6, 6.07) is 5.49. The van der Waals surface area contributed by atoms with Gasteiger partial charge in [-0.1, -0.05) is 197 Å². The summed E-state index contributed by atoms with van der Waals surface area (Å²) >= 11 is 12.3. The third-order valence-corrected chi connectivity index (χ3v) is 10.7.